The van der Waals surface area contributed by atoms with Gasteiger partial charge in [0.05, 0.1) is 5.56 Å². The molecule has 0 spiro atoms. The summed E-state index contributed by atoms with van der Waals surface area (Å²) in [6, 6.07) is 5.51. The second kappa shape index (κ2) is 6.52. The summed E-state index contributed by atoms with van der Waals surface area (Å²) in [6.45, 7) is 2.47. The molecule has 0 atom stereocenters. The molecule has 0 heterocycles. The molecule has 1 rings (SSSR count). The lowest BCUT2D eigenvalue weighted by atomic mass is 10.2. The Labute approximate surface area is 121 Å². The van der Waals surface area contributed by atoms with E-state index >= 15 is 0 Å². The SMILES string of the molecule is C=CCN(CC(=O)O)S(=O)(=O)c1cc(Cl)ccc1C#N. The van der Waals surface area contributed by atoms with Crippen molar-refractivity contribution in [2.24, 2.45) is 0 Å². The lowest BCUT2D eigenvalue weighted by molar-refractivity contribution is -0.137. The van der Waals surface area contributed by atoms with Gasteiger partial charge < -0.3 is 5.11 Å². The third-order valence-corrected chi connectivity index (χ3v) is 4.41. The van der Waals surface area contributed by atoms with E-state index in [4.69, 9.17) is 22.0 Å². The molecule has 20 heavy (non-hydrogen) atoms. The largest absolute Gasteiger partial charge is 0.480 e. The highest BCUT2D eigenvalue weighted by Crippen LogP contribution is 2.23. The van der Waals surface area contributed by atoms with Gasteiger partial charge in [0.25, 0.3) is 0 Å². The van der Waals surface area contributed by atoms with Crippen molar-refractivity contribution in [2.75, 3.05) is 13.1 Å². The maximum absolute atomic E-state index is 12.4. The van der Waals surface area contributed by atoms with Gasteiger partial charge in [0.15, 0.2) is 0 Å². The summed E-state index contributed by atoms with van der Waals surface area (Å²) in [6.07, 6.45) is 1.26. The van der Waals surface area contributed by atoms with E-state index in [2.05, 4.69) is 6.58 Å². The zero-order valence-corrected chi connectivity index (χ0v) is 11.9. The summed E-state index contributed by atoms with van der Waals surface area (Å²) in [5.74, 6) is -1.31. The fourth-order valence-corrected chi connectivity index (χ4v) is 3.25. The van der Waals surface area contributed by atoms with E-state index < -0.39 is 22.5 Å². The average Bonchev–Trinajstić information content (AvgIpc) is 2.37. The molecule has 0 fully saturated rings. The molecular formula is C12H11ClN2O4S. The Hall–Kier alpha value is -1.88. The molecule has 0 unspecified atom stereocenters. The van der Waals surface area contributed by atoms with Crippen molar-refractivity contribution in [3.05, 3.63) is 41.4 Å². The molecule has 0 aliphatic rings. The number of benzene rings is 1. The highest BCUT2D eigenvalue weighted by atomic mass is 35.5. The number of nitriles is 1. The van der Waals surface area contributed by atoms with Crippen LogP contribution < -0.4 is 0 Å². The Balaban J connectivity index is 3.40. The molecule has 0 bridgehead atoms. The predicted molar refractivity (Wildman–Crippen MR) is 72.8 cm³/mol. The van der Waals surface area contributed by atoms with Crippen LogP contribution in [0.3, 0.4) is 0 Å². The highest BCUT2D eigenvalue weighted by Gasteiger charge is 2.28. The normalized spacial score (nSPS) is 11.1. The smallest absolute Gasteiger partial charge is 0.318 e. The van der Waals surface area contributed by atoms with E-state index in [1.54, 1.807) is 6.07 Å². The van der Waals surface area contributed by atoms with Crippen LogP contribution in [0.1, 0.15) is 5.56 Å². The molecular weight excluding hydrogens is 304 g/mol. The molecule has 106 valence electrons. The fraction of sp³-hybridized carbons (Fsp3) is 0.167. The molecule has 0 aliphatic heterocycles. The molecule has 0 saturated carbocycles. The number of rotatable bonds is 6. The molecule has 0 aliphatic carbocycles. The monoisotopic (exact) mass is 314 g/mol. The summed E-state index contributed by atoms with van der Waals surface area (Å²) >= 11 is 5.74. The van der Waals surface area contributed by atoms with E-state index in [9.17, 15) is 13.2 Å². The molecule has 6 nitrogen and oxygen atoms in total. The van der Waals surface area contributed by atoms with Crippen molar-refractivity contribution >= 4 is 27.6 Å². The minimum atomic E-state index is -4.15. The number of sulfonamides is 1. The molecule has 0 aromatic heterocycles. The standard InChI is InChI=1S/C12H11ClN2O4S/c1-2-5-15(8-12(16)17)20(18,19)11-6-10(13)4-3-9(11)7-14/h2-4,6H,1,5,8H2,(H,16,17). The lowest BCUT2D eigenvalue weighted by Gasteiger charge is -2.19. The van der Waals surface area contributed by atoms with Gasteiger partial charge in [0, 0.05) is 11.6 Å². The minimum absolute atomic E-state index is 0.103. The van der Waals surface area contributed by atoms with Crippen molar-refractivity contribution in [3.63, 3.8) is 0 Å². The lowest BCUT2D eigenvalue weighted by Crippen LogP contribution is -2.36. The first kappa shape index (κ1) is 16.2. The van der Waals surface area contributed by atoms with Crippen molar-refractivity contribution < 1.29 is 18.3 Å². The van der Waals surface area contributed by atoms with E-state index in [1.165, 1.54) is 18.2 Å². The van der Waals surface area contributed by atoms with Gasteiger partial charge >= 0.3 is 5.97 Å². The predicted octanol–water partition coefficient (Wildman–Crippen LogP) is 1.47. The zero-order chi connectivity index (χ0) is 15.3. The Bertz CT molecular complexity index is 679. The molecule has 1 aromatic rings. The van der Waals surface area contributed by atoms with Gasteiger partial charge in [0.1, 0.15) is 17.5 Å². The van der Waals surface area contributed by atoms with Gasteiger partial charge in [-0.1, -0.05) is 17.7 Å². The van der Waals surface area contributed by atoms with E-state index in [0.29, 0.717) is 4.31 Å². The van der Waals surface area contributed by atoms with Gasteiger partial charge in [-0.2, -0.15) is 9.57 Å². The maximum Gasteiger partial charge on any atom is 0.318 e. The molecule has 0 amide bonds. The van der Waals surface area contributed by atoms with Gasteiger partial charge in [-0.3, -0.25) is 4.79 Å². The quantitative estimate of drug-likeness (QED) is 0.802. The number of aliphatic carboxylic acids is 1. The molecule has 1 aromatic carbocycles. The van der Waals surface area contributed by atoms with Crippen LogP contribution in [0.25, 0.3) is 0 Å². The number of carboxylic acids is 1. The van der Waals surface area contributed by atoms with Crippen molar-refractivity contribution in [2.45, 2.75) is 4.90 Å². The van der Waals surface area contributed by atoms with E-state index in [-0.39, 0.29) is 22.0 Å². The fourth-order valence-electron chi connectivity index (χ4n) is 1.48. The summed E-state index contributed by atoms with van der Waals surface area (Å²) < 4.78 is 25.5. The third-order valence-electron chi connectivity index (χ3n) is 2.33. The summed E-state index contributed by atoms with van der Waals surface area (Å²) in [7, 11) is -4.15. The Kier molecular flexibility index (Phi) is 5.27. The second-order valence-corrected chi connectivity index (χ2v) is 6.08. The first-order valence-corrected chi connectivity index (χ1v) is 7.17. The summed E-state index contributed by atoms with van der Waals surface area (Å²) in [5.41, 5.74) is -0.103. The van der Waals surface area contributed by atoms with Crippen LogP contribution in [0.2, 0.25) is 5.02 Å². The zero-order valence-electron chi connectivity index (χ0n) is 10.3. The number of hydrogen-bond donors (Lipinski definition) is 1. The van der Waals surface area contributed by atoms with Crippen LogP contribution in [-0.2, 0) is 14.8 Å². The summed E-state index contributed by atoms with van der Waals surface area (Å²) in [4.78, 5) is 10.4. The summed E-state index contributed by atoms with van der Waals surface area (Å²) in [5, 5.41) is 17.9. The number of carboxylic acid groups (broad SMARTS) is 1. The molecule has 0 radical (unpaired) electrons. The van der Waals surface area contributed by atoms with Gasteiger partial charge in [0.2, 0.25) is 10.0 Å². The average molecular weight is 315 g/mol. The van der Waals surface area contributed by atoms with Gasteiger partial charge in [-0.25, -0.2) is 8.42 Å². The maximum atomic E-state index is 12.4. The third kappa shape index (κ3) is 3.57. The van der Waals surface area contributed by atoms with Crippen molar-refractivity contribution in [1.82, 2.24) is 4.31 Å². The van der Waals surface area contributed by atoms with Crippen LogP contribution in [0.15, 0.2) is 35.7 Å². The van der Waals surface area contributed by atoms with Crippen LogP contribution in [0.5, 0.6) is 0 Å². The van der Waals surface area contributed by atoms with E-state index in [0.717, 1.165) is 6.07 Å². The molecule has 0 saturated heterocycles. The Morgan fingerprint density at radius 3 is 2.70 bits per heavy atom. The number of nitrogens with zero attached hydrogens (tertiary/aromatic N) is 2. The highest BCUT2D eigenvalue weighted by molar-refractivity contribution is 7.89. The molecule has 1 N–H and O–H groups in total. The number of hydrogen-bond acceptors (Lipinski definition) is 4. The van der Waals surface area contributed by atoms with Crippen molar-refractivity contribution in [3.8, 4) is 6.07 Å². The molecule has 8 heteroatoms. The first-order valence-electron chi connectivity index (χ1n) is 5.35. The van der Waals surface area contributed by atoms with Crippen LogP contribution >= 0.6 is 11.6 Å². The topological polar surface area (TPSA) is 98.5 Å². The Morgan fingerprint density at radius 2 is 2.20 bits per heavy atom. The van der Waals surface area contributed by atoms with Crippen molar-refractivity contribution in [1.29, 1.82) is 5.26 Å². The van der Waals surface area contributed by atoms with Crippen LogP contribution in [0, 0.1) is 11.3 Å². The van der Waals surface area contributed by atoms with Gasteiger partial charge in [-0.15, -0.1) is 6.58 Å². The van der Waals surface area contributed by atoms with Crippen LogP contribution in [-0.4, -0.2) is 36.9 Å². The van der Waals surface area contributed by atoms with Crippen LogP contribution in [0.4, 0.5) is 0 Å². The second-order valence-electron chi connectivity index (χ2n) is 3.73. The van der Waals surface area contributed by atoms with E-state index in [1.807, 2.05) is 0 Å². The first-order chi connectivity index (χ1) is 9.32. The Morgan fingerprint density at radius 1 is 1.55 bits per heavy atom. The number of halogens is 1. The minimum Gasteiger partial charge on any atom is -0.480 e. The number of carbonyl (C=O) groups is 1. The van der Waals surface area contributed by atoms with Gasteiger partial charge in [-0.05, 0) is 18.2 Å².